The minimum absolute atomic E-state index is 0.0330. The van der Waals surface area contributed by atoms with Crippen molar-refractivity contribution in [3.8, 4) is 11.5 Å². The largest absolute Gasteiger partial charge is 0.403 e. The van der Waals surface area contributed by atoms with Crippen molar-refractivity contribution in [3.63, 3.8) is 0 Å². The number of carbonyl (C=O) groups excluding carboxylic acids is 1. The molecule has 3 aromatic rings. The predicted octanol–water partition coefficient (Wildman–Crippen LogP) is 4.11. The van der Waals surface area contributed by atoms with E-state index in [-0.39, 0.29) is 16.5 Å². The summed E-state index contributed by atoms with van der Waals surface area (Å²) in [7, 11) is -3.60. The Kier molecular flexibility index (Phi) is 7.19. The molecule has 0 radical (unpaired) electrons. The lowest BCUT2D eigenvalue weighted by Gasteiger charge is -2.21. The molecule has 3 rings (SSSR count). The van der Waals surface area contributed by atoms with Crippen LogP contribution in [0.2, 0.25) is 0 Å². The molecule has 164 valence electrons. The van der Waals surface area contributed by atoms with Crippen LogP contribution in [0.5, 0.6) is 0 Å². The lowest BCUT2D eigenvalue weighted by molar-refractivity contribution is 0.102. The monoisotopic (exact) mass is 442 g/mol. The fourth-order valence-corrected chi connectivity index (χ4v) is 4.66. The minimum atomic E-state index is -3.60. The maximum Gasteiger partial charge on any atom is 0.322 e. The number of hydrogen-bond acceptors (Lipinski definition) is 6. The molecule has 0 spiro atoms. The maximum absolute atomic E-state index is 12.8. The van der Waals surface area contributed by atoms with Crippen LogP contribution in [0.15, 0.2) is 57.8 Å². The van der Waals surface area contributed by atoms with E-state index in [0.717, 1.165) is 24.0 Å². The van der Waals surface area contributed by atoms with Crippen LogP contribution in [0.3, 0.4) is 0 Å². The van der Waals surface area contributed by atoms with Crippen molar-refractivity contribution < 1.29 is 17.6 Å². The highest BCUT2D eigenvalue weighted by Crippen LogP contribution is 2.21. The summed E-state index contributed by atoms with van der Waals surface area (Å²) in [4.78, 5) is 12.7. The van der Waals surface area contributed by atoms with Gasteiger partial charge in [0.25, 0.3) is 5.91 Å². The molecule has 1 heterocycles. The summed E-state index contributed by atoms with van der Waals surface area (Å²) in [6, 6.07) is 13.3. The van der Waals surface area contributed by atoms with Crippen molar-refractivity contribution in [2.75, 3.05) is 18.4 Å². The second-order valence-corrected chi connectivity index (χ2v) is 9.10. The summed E-state index contributed by atoms with van der Waals surface area (Å²) in [6.07, 6.45) is 1.46. The van der Waals surface area contributed by atoms with E-state index >= 15 is 0 Å². The van der Waals surface area contributed by atoms with E-state index in [0.29, 0.717) is 19.0 Å². The zero-order valence-corrected chi connectivity index (χ0v) is 18.6. The standard InChI is InChI=1S/C22H26N4O4S/c1-4-14-26(15-5-2)31(28,29)19-12-10-17(11-13-19)20(27)23-22-25-24-21(30-22)18-8-6-16(3)7-9-18/h6-13H,4-5,14-15H2,1-3H3,(H,23,25,27). The van der Waals surface area contributed by atoms with Crippen molar-refractivity contribution in [1.29, 1.82) is 0 Å². The Morgan fingerprint density at radius 3 is 2.16 bits per heavy atom. The molecule has 0 saturated heterocycles. The maximum atomic E-state index is 12.8. The molecule has 1 N–H and O–H groups in total. The Morgan fingerprint density at radius 1 is 0.968 bits per heavy atom. The lowest BCUT2D eigenvalue weighted by atomic mass is 10.1. The molecular weight excluding hydrogens is 416 g/mol. The molecule has 0 fully saturated rings. The number of amides is 1. The number of nitrogens with zero attached hydrogens (tertiary/aromatic N) is 3. The molecule has 1 aromatic heterocycles. The second kappa shape index (κ2) is 9.84. The van der Waals surface area contributed by atoms with Crippen LogP contribution in [0.25, 0.3) is 11.5 Å². The minimum Gasteiger partial charge on any atom is -0.403 e. The number of benzene rings is 2. The highest BCUT2D eigenvalue weighted by Gasteiger charge is 2.23. The molecule has 0 atom stereocenters. The van der Waals surface area contributed by atoms with Gasteiger partial charge in [-0.1, -0.05) is 36.6 Å². The van der Waals surface area contributed by atoms with Gasteiger partial charge in [0, 0.05) is 24.2 Å². The van der Waals surface area contributed by atoms with Crippen molar-refractivity contribution in [2.45, 2.75) is 38.5 Å². The van der Waals surface area contributed by atoms with Gasteiger partial charge in [0.2, 0.25) is 15.9 Å². The SMILES string of the molecule is CCCN(CCC)S(=O)(=O)c1ccc(C(=O)Nc2nnc(-c3ccc(C)cc3)o2)cc1. The summed E-state index contributed by atoms with van der Waals surface area (Å²) in [5.74, 6) is -0.175. The van der Waals surface area contributed by atoms with Crippen LogP contribution in [-0.4, -0.2) is 41.9 Å². The Balaban J connectivity index is 1.71. The van der Waals surface area contributed by atoms with Gasteiger partial charge in [0.05, 0.1) is 4.90 Å². The van der Waals surface area contributed by atoms with Gasteiger partial charge in [0.1, 0.15) is 0 Å². The van der Waals surface area contributed by atoms with Crippen LogP contribution in [-0.2, 0) is 10.0 Å². The number of aryl methyl sites for hydroxylation is 1. The normalized spacial score (nSPS) is 11.6. The van der Waals surface area contributed by atoms with E-state index < -0.39 is 15.9 Å². The Morgan fingerprint density at radius 2 is 1.58 bits per heavy atom. The molecule has 8 nitrogen and oxygen atoms in total. The molecule has 31 heavy (non-hydrogen) atoms. The fraction of sp³-hybridized carbons (Fsp3) is 0.318. The summed E-state index contributed by atoms with van der Waals surface area (Å²) in [5, 5.41) is 10.3. The number of rotatable bonds is 9. The highest BCUT2D eigenvalue weighted by atomic mass is 32.2. The number of hydrogen-bond donors (Lipinski definition) is 1. The fourth-order valence-electron chi connectivity index (χ4n) is 3.03. The van der Waals surface area contributed by atoms with E-state index in [2.05, 4.69) is 15.5 Å². The molecule has 0 unspecified atom stereocenters. The van der Waals surface area contributed by atoms with Gasteiger partial charge in [-0.3, -0.25) is 10.1 Å². The first-order chi connectivity index (χ1) is 14.8. The van der Waals surface area contributed by atoms with Gasteiger partial charge in [-0.15, -0.1) is 5.10 Å². The van der Waals surface area contributed by atoms with E-state index in [1.54, 1.807) is 0 Å². The van der Waals surface area contributed by atoms with Gasteiger partial charge in [0.15, 0.2) is 0 Å². The molecule has 9 heteroatoms. The van der Waals surface area contributed by atoms with Crippen LogP contribution in [0.4, 0.5) is 6.01 Å². The Labute approximate surface area is 182 Å². The van der Waals surface area contributed by atoms with Gasteiger partial charge in [-0.05, 0) is 56.2 Å². The van der Waals surface area contributed by atoms with Crippen molar-refractivity contribution >= 4 is 21.9 Å². The first-order valence-electron chi connectivity index (χ1n) is 10.2. The van der Waals surface area contributed by atoms with Crippen LogP contribution < -0.4 is 5.32 Å². The van der Waals surface area contributed by atoms with E-state index in [1.165, 1.54) is 28.6 Å². The van der Waals surface area contributed by atoms with E-state index in [9.17, 15) is 13.2 Å². The lowest BCUT2D eigenvalue weighted by Crippen LogP contribution is -2.32. The molecule has 0 saturated carbocycles. The van der Waals surface area contributed by atoms with Gasteiger partial charge < -0.3 is 4.42 Å². The smallest absolute Gasteiger partial charge is 0.322 e. The van der Waals surface area contributed by atoms with Crippen LogP contribution in [0, 0.1) is 6.92 Å². The molecule has 0 aliphatic carbocycles. The zero-order chi connectivity index (χ0) is 22.4. The summed E-state index contributed by atoms with van der Waals surface area (Å²) < 4.78 is 32.6. The second-order valence-electron chi connectivity index (χ2n) is 7.16. The average molecular weight is 443 g/mol. The van der Waals surface area contributed by atoms with Gasteiger partial charge in [-0.2, -0.15) is 4.31 Å². The third kappa shape index (κ3) is 5.36. The average Bonchev–Trinajstić information content (AvgIpc) is 3.22. The quantitative estimate of drug-likeness (QED) is 0.535. The van der Waals surface area contributed by atoms with Gasteiger partial charge in [-0.25, -0.2) is 8.42 Å². The molecule has 0 aliphatic rings. The van der Waals surface area contributed by atoms with Crippen LogP contribution in [0.1, 0.15) is 42.6 Å². The first kappa shape index (κ1) is 22.6. The predicted molar refractivity (Wildman–Crippen MR) is 118 cm³/mol. The molecule has 2 aromatic carbocycles. The Hall–Kier alpha value is -3.04. The summed E-state index contributed by atoms with van der Waals surface area (Å²) in [5.41, 5.74) is 2.14. The molecule has 0 aliphatic heterocycles. The molecule has 0 bridgehead atoms. The topological polar surface area (TPSA) is 105 Å². The first-order valence-corrected chi connectivity index (χ1v) is 11.6. The molecule has 1 amide bonds. The van der Waals surface area contributed by atoms with Crippen molar-refractivity contribution in [2.24, 2.45) is 0 Å². The number of anilines is 1. The highest BCUT2D eigenvalue weighted by molar-refractivity contribution is 7.89. The zero-order valence-electron chi connectivity index (χ0n) is 17.8. The summed E-state index contributed by atoms with van der Waals surface area (Å²) >= 11 is 0. The number of aromatic nitrogens is 2. The molecular formula is C22H26N4O4S. The van der Waals surface area contributed by atoms with E-state index in [4.69, 9.17) is 4.42 Å². The van der Waals surface area contributed by atoms with E-state index in [1.807, 2.05) is 45.0 Å². The van der Waals surface area contributed by atoms with Gasteiger partial charge >= 0.3 is 6.01 Å². The number of nitrogens with one attached hydrogen (secondary N) is 1. The van der Waals surface area contributed by atoms with Crippen molar-refractivity contribution in [1.82, 2.24) is 14.5 Å². The number of sulfonamides is 1. The third-order valence-electron chi connectivity index (χ3n) is 4.64. The van der Waals surface area contributed by atoms with Crippen LogP contribution >= 0.6 is 0 Å². The Bertz CT molecular complexity index is 1120. The van der Waals surface area contributed by atoms with Crippen molar-refractivity contribution in [3.05, 3.63) is 59.7 Å². The third-order valence-corrected chi connectivity index (χ3v) is 6.56. The summed E-state index contributed by atoms with van der Waals surface area (Å²) in [6.45, 7) is 6.77. The number of carbonyl (C=O) groups is 1.